The van der Waals surface area contributed by atoms with E-state index in [2.05, 4.69) is 0 Å². The van der Waals surface area contributed by atoms with Crippen LogP contribution < -0.4 is 20.1 Å². The van der Waals surface area contributed by atoms with Gasteiger partial charge in [-0.2, -0.15) is 0 Å². The third-order valence-corrected chi connectivity index (χ3v) is 4.51. The van der Waals surface area contributed by atoms with Gasteiger partial charge >= 0.3 is 0 Å². The molecule has 0 radical (unpaired) electrons. The molecule has 2 aromatic carbocycles. The summed E-state index contributed by atoms with van der Waals surface area (Å²) in [6.07, 6.45) is 0.228. The van der Waals surface area contributed by atoms with Gasteiger partial charge in [-0.15, -0.1) is 0 Å². The molecular formula is C19H20N2O4. The Kier molecular flexibility index (Phi) is 4.61. The molecule has 25 heavy (non-hydrogen) atoms. The number of ether oxygens (including phenoxy) is 2. The van der Waals surface area contributed by atoms with Crippen LogP contribution in [-0.2, 0) is 9.59 Å². The number of carbonyl (C=O) groups excluding carboxylic acids is 2. The third-order valence-electron chi connectivity index (χ3n) is 4.51. The highest BCUT2D eigenvalue weighted by Gasteiger charge is 2.44. The number of primary amides is 1. The predicted molar refractivity (Wildman–Crippen MR) is 93.8 cm³/mol. The van der Waals surface area contributed by atoms with E-state index in [9.17, 15) is 9.59 Å². The summed E-state index contributed by atoms with van der Waals surface area (Å²) in [5, 5.41) is 0. The van der Waals surface area contributed by atoms with Crippen molar-refractivity contribution in [3.63, 3.8) is 0 Å². The molecule has 130 valence electrons. The Morgan fingerprint density at radius 2 is 1.52 bits per heavy atom. The third kappa shape index (κ3) is 3.15. The Morgan fingerprint density at radius 3 is 2.00 bits per heavy atom. The molecule has 1 aliphatic rings. The van der Waals surface area contributed by atoms with Crippen molar-refractivity contribution in [3.05, 3.63) is 54.1 Å². The van der Waals surface area contributed by atoms with Crippen molar-refractivity contribution in [2.45, 2.75) is 18.4 Å². The summed E-state index contributed by atoms with van der Waals surface area (Å²) < 4.78 is 10.3. The summed E-state index contributed by atoms with van der Waals surface area (Å²) >= 11 is 0. The lowest BCUT2D eigenvalue weighted by molar-refractivity contribution is -0.121. The molecule has 1 fully saturated rings. The summed E-state index contributed by atoms with van der Waals surface area (Å²) in [7, 11) is 3.16. The minimum absolute atomic E-state index is 0.130. The van der Waals surface area contributed by atoms with Crippen molar-refractivity contribution in [3.8, 4) is 11.5 Å². The number of nitrogens with zero attached hydrogens (tertiary/aromatic N) is 1. The first-order valence-corrected chi connectivity index (χ1v) is 7.94. The molecule has 1 aliphatic heterocycles. The second kappa shape index (κ2) is 6.84. The van der Waals surface area contributed by atoms with E-state index in [1.54, 1.807) is 38.5 Å². The highest BCUT2D eigenvalue weighted by molar-refractivity contribution is 6.05. The molecule has 0 aliphatic carbocycles. The van der Waals surface area contributed by atoms with Crippen LogP contribution in [0.3, 0.4) is 0 Å². The molecule has 0 unspecified atom stereocenters. The number of nitrogens with two attached hydrogens (primary N) is 1. The van der Waals surface area contributed by atoms with Crippen molar-refractivity contribution in [1.82, 2.24) is 0 Å². The van der Waals surface area contributed by atoms with E-state index in [0.717, 1.165) is 11.3 Å². The summed E-state index contributed by atoms with van der Waals surface area (Å²) in [5.41, 5.74) is 7.16. The molecule has 0 saturated carbocycles. The standard InChI is InChI=1S/C19H20N2O4/c1-24-14-7-3-12(4-8-14)16-11-17(22)21(18(16)19(20)23)13-5-9-15(25-2)10-6-13/h3-10,16,18H,11H2,1-2H3,(H2,20,23)/t16-,18+/m1/s1. The number of anilines is 1. The lowest BCUT2D eigenvalue weighted by Crippen LogP contribution is -2.44. The monoisotopic (exact) mass is 340 g/mol. The van der Waals surface area contributed by atoms with Gasteiger partial charge in [0.25, 0.3) is 0 Å². The van der Waals surface area contributed by atoms with Crippen LogP contribution in [0.15, 0.2) is 48.5 Å². The van der Waals surface area contributed by atoms with Crippen molar-refractivity contribution in [1.29, 1.82) is 0 Å². The van der Waals surface area contributed by atoms with Gasteiger partial charge in [0.2, 0.25) is 11.8 Å². The number of carbonyl (C=O) groups is 2. The zero-order valence-electron chi connectivity index (χ0n) is 14.1. The van der Waals surface area contributed by atoms with E-state index < -0.39 is 11.9 Å². The largest absolute Gasteiger partial charge is 0.497 e. The molecule has 6 heteroatoms. The molecule has 0 spiro atoms. The van der Waals surface area contributed by atoms with E-state index in [0.29, 0.717) is 11.4 Å². The predicted octanol–water partition coefficient (Wildman–Crippen LogP) is 2.08. The van der Waals surface area contributed by atoms with E-state index in [1.165, 1.54) is 4.90 Å². The number of hydrogen-bond acceptors (Lipinski definition) is 4. The summed E-state index contributed by atoms with van der Waals surface area (Å²) in [6, 6.07) is 13.6. The van der Waals surface area contributed by atoms with Gasteiger partial charge in [-0.3, -0.25) is 14.5 Å². The van der Waals surface area contributed by atoms with Gasteiger partial charge in [0, 0.05) is 18.0 Å². The molecule has 3 rings (SSSR count). The smallest absolute Gasteiger partial charge is 0.241 e. The molecule has 6 nitrogen and oxygen atoms in total. The fourth-order valence-corrected chi connectivity index (χ4v) is 3.26. The fraction of sp³-hybridized carbons (Fsp3) is 0.263. The van der Waals surface area contributed by atoms with Gasteiger partial charge < -0.3 is 15.2 Å². The first-order chi connectivity index (χ1) is 12.0. The topological polar surface area (TPSA) is 81.9 Å². The number of hydrogen-bond donors (Lipinski definition) is 1. The van der Waals surface area contributed by atoms with Crippen LogP contribution in [-0.4, -0.2) is 32.1 Å². The second-order valence-electron chi connectivity index (χ2n) is 5.89. The Morgan fingerprint density at radius 1 is 1.00 bits per heavy atom. The molecular weight excluding hydrogens is 320 g/mol. The Balaban J connectivity index is 1.95. The number of amides is 2. The van der Waals surface area contributed by atoms with Crippen LogP contribution in [0.4, 0.5) is 5.69 Å². The summed E-state index contributed by atoms with van der Waals surface area (Å²) in [4.78, 5) is 26.2. The molecule has 0 bridgehead atoms. The van der Waals surface area contributed by atoms with Gasteiger partial charge in [0.05, 0.1) is 14.2 Å². The van der Waals surface area contributed by atoms with Gasteiger partial charge in [0.1, 0.15) is 17.5 Å². The average Bonchev–Trinajstić information content (AvgIpc) is 2.99. The van der Waals surface area contributed by atoms with Crippen molar-refractivity contribution >= 4 is 17.5 Å². The SMILES string of the molecule is COc1ccc([C@H]2CC(=O)N(c3ccc(OC)cc3)[C@@H]2C(N)=O)cc1. The average molecular weight is 340 g/mol. The lowest BCUT2D eigenvalue weighted by atomic mass is 9.91. The van der Waals surface area contributed by atoms with Gasteiger partial charge in [-0.25, -0.2) is 0 Å². The van der Waals surface area contributed by atoms with Crippen molar-refractivity contribution in [2.75, 3.05) is 19.1 Å². The van der Waals surface area contributed by atoms with Crippen LogP contribution in [0.1, 0.15) is 17.9 Å². The van der Waals surface area contributed by atoms with Crippen molar-refractivity contribution < 1.29 is 19.1 Å². The first kappa shape index (κ1) is 16.8. The van der Waals surface area contributed by atoms with Crippen molar-refractivity contribution in [2.24, 2.45) is 5.73 Å². The van der Waals surface area contributed by atoms with E-state index >= 15 is 0 Å². The number of benzene rings is 2. The number of rotatable bonds is 5. The van der Waals surface area contributed by atoms with Gasteiger partial charge in [-0.1, -0.05) is 12.1 Å². The van der Waals surface area contributed by atoms with E-state index in [-0.39, 0.29) is 18.2 Å². The van der Waals surface area contributed by atoms with E-state index in [4.69, 9.17) is 15.2 Å². The highest BCUT2D eigenvalue weighted by Crippen LogP contribution is 2.38. The minimum Gasteiger partial charge on any atom is -0.497 e. The maximum absolute atomic E-state index is 12.6. The molecule has 2 N–H and O–H groups in total. The van der Waals surface area contributed by atoms with Crippen LogP contribution in [0.5, 0.6) is 11.5 Å². The zero-order chi connectivity index (χ0) is 18.0. The van der Waals surface area contributed by atoms with Gasteiger partial charge in [-0.05, 0) is 42.0 Å². The van der Waals surface area contributed by atoms with Crippen LogP contribution >= 0.6 is 0 Å². The fourth-order valence-electron chi connectivity index (χ4n) is 3.26. The molecule has 2 amide bonds. The normalized spacial score (nSPS) is 19.8. The molecule has 2 atom stereocenters. The maximum atomic E-state index is 12.6. The lowest BCUT2D eigenvalue weighted by Gasteiger charge is -2.26. The molecule has 0 aromatic heterocycles. The Hall–Kier alpha value is -3.02. The quantitative estimate of drug-likeness (QED) is 0.903. The molecule has 2 aromatic rings. The number of methoxy groups -OCH3 is 2. The summed E-state index contributed by atoms with van der Waals surface area (Å²) in [5.74, 6) is 0.448. The molecule has 1 heterocycles. The van der Waals surface area contributed by atoms with Crippen LogP contribution in [0.25, 0.3) is 0 Å². The maximum Gasteiger partial charge on any atom is 0.241 e. The van der Waals surface area contributed by atoms with Crippen LogP contribution in [0.2, 0.25) is 0 Å². The Bertz CT molecular complexity index is 771. The van der Waals surface area contributed by atoms with Gasteiger partial charge in [0.15, 0.2) is 0 Å². The van der Waals surface area contributed by atoms with E-state index in [1.807, 2.05) is 24.3 Å². The zero-order valence-corrected chi connectivity index (χ0v) is 14.1. The highest BCUT2D eigenvalue weighted by atomic mass is 16.5. The minimum atomic E-state index is -0.728. The first-order valence-electron chi connectivity index (χ1n) is 7.94. The molecule has 1 saturated heterocycles. The second-order valence-corrected chi connectivity index (χ2v) is 5.89. The summed E-state index contributed by atoms with van der Waals surface area (Å²) in [6.45, 7) is 0. The Labute approximate surface area is 146 Å². The van der Waals surface area contributed by atoms with Crippen LogP contribution in [0, 0.1) is 0 Å².